The van der Waals surface area contributed by atoms with Crippen LogP contribution in [-0.2, 0) is 27.7 Å². The van der Waals surface area contributed by atoms with Crippen LogP contribution in [0.5, 0.6) is 0 Å². The second-order valence-electron chi connectivity index (χ2n) is 4.47. The maximum absolute atomic E-state index is 6.11. The number of benzene rings is 1. The van der Waals surface area contributed by atoms with Gasteiger partial charge in [0.05, 0.1) is 0 Å². The number of hydrogen-bond donors (Lipinski definition) is 0. The van der Waals surface area contributed by atoms with Gasteiger partial charge in [0, 0.05) is 0 Å². The third kappa shape index (κ3) is 5.37. The van der Waals surface area contributed by atoms with E-state index in [0.717, 1.165) is 23.1 Å². The first-order valence-corrected chi connectivity index (χ1v) is 9.95. The van der Waals surface area contributed by atoms with Crippen LogP contribution in [0.25, 0.3) is 0 Å². The van der Waals surface area contributed by atoms with E-state index in [2.05, 4.69) is 32.9 Å². The van der Waals surface area contributed by atoms with Crippen LogP contribution < -0.4 is 3.87 Å². The molecule has 0 fully saturated rings. The van der Waals surface area contributed by atoms with Gasteiger partial charge in [-0.2, -0.15) is 0 Å². The van der Waals surface area contributed by atoms with Gasteiger partial charge in [-0.3, -0.25) is 0 Å². The quantitative estimate of drug-likeness (QED) is 0.619. The molecule has 0 aliphatic rings. The Hall–Kier alpha value is -0.186. The molecular weight excluding hydrogens is 276 g/mol. The number of rotatable bonds is 10. The molecule has 3 nitrogen and oxygen atoms in total. The molecule has 0 aliphatic heterocycles. The summed E-state index contributed by atoms with van der Waals surface area (Å²) in [4.78, 5) is 0. The van der Waals surface area contributed by atoms with E-state index >= 15 is 0 Å². The third-order valence-corrected chi connectivity index (χ3v) is 6.98. The summed E-state index contributed by atoms with van der Waals surface area (Å²) < 4.78 is 19.4. The normalized spacial score (nSPS) is 11.7. The minimum absolute atomic E-state index is 0.697. The maximum atomic E-state index is 6.11. The zero-order chi connectivity index (χ0) is 14.0. The van der Waals surface area contributed by atoms with Crippen molar-refractivity contribution in [1.29, 1.82) is 0 Å². The zero-order valence-corrected chi connectivity index (χ0v) is 13.9. The second-order valence-corrected chi connectivity index (χ2v) is 8.46. The predicted molar refractivity (Wildman–Crippen MR) is 74.8 cm³/mol. The van der Waals surface area contributed by atoms with Crippen molar-refractivity contribution in [2.75, 3.05) is 19.8 Å². The van der Waals surface area contributed by atoms with Crippen molar-refractivity contribution in [3.05, 3.63) is 30.3 Å². The van der Waals surface area contributed by atoms with Gasteiger partial charge in [-0.1, -0.05) is 0 Å². The average molecular weight is 302 g/mol. The summed E-state index contributed by atoms with van der Waals surface area (Å²) in [7, 11) is 0. The van der Waals surface area contributed by atoms with Gasteiger partial charge in [-0.25, -0.2) is 0 Å². The van der Waals surface area contributed by atoms with Crippen molar-refractivity contribution in [2.24, 2.45) is 0 Å². The molecule has 19 heavy (non-hydrogen) atoms. The Labute approximate surface area is 122 Å². The fourth-order valence-corrected chi connectivity index (χ4v) is 6.05. The van der Waals surface area contributed by atoms with Gasteiger partial charge < -0.3 is 0 Å². The van der Waals surface area contributed by atoms with E-state index in [9.17, 15) is 0 Å². The van der Waals surface area contributed by atoms with Crippen molar-refractivity contribution in [2.45, 2.75) is 40.0 Å². The van der Waals surface area contributed by atoms with Crippen LogP contribution in [0, 0.1) is 0 Å². The standard InChI is InChI=1S/C6H5.3C3H7O.Ti/c1-2-4-6-5-3-1;3*1-2-3-4;/h1-5H;3*2-3H2,1H3;/q;3*-1;+3. The first-order valence-electron chi connectivity index (χ1n) is 7.26. The molecule has 0 saturated carbocycles. The summed E-state index contributed by atoms with van der Waals surface area (Å²) in [5.41, 5.74) is 0. The van der Waals surface area contributed by atoms with Crippen molar-refractivity contribution in [3.63, 3.8) is 0 Å². The summed E-state index contributed by atoms with van der Waals surface area (Å²) in [5, 5.41) is 0. The molecule has 0 amide bonds. The molecule has 0 atom stereocenters. The summed E-state index contributed by atoms with van der Waals surface area (Å²) in [6.07, 6.45) is 2.93. The molecule has 1 aromatic carbocycles. The van der Waals surface area contributed by atoms with Gasteiger partial charge in [0.2, 0.25) is 0 Å². The Bertz CT molecular complexity index is 308. The van der Waals surface area contributed by atoms with Crippen LogP contribution in [0.2, 0.25) is 0 Å². The summed E-state index contributed by atoms with van der Waals surface area (Å²) in [6.45, 7) is 8.42. The summed E-state index contributed by atoms with van der Waals surface area (Å²) in [5.74, 6) is 0. The summed E-state index contributed by atoms with van der Waals surface area (Å²) >= 11 is -3.32. The molecule has 0 radical (unpaired) electrons. The third-order valence-electron chi connectivity index (χ3n) is 2.62. The molecule has 0 bridgehead atoms. The Balaban J connectivity index is 2.94. The molecule has 1 aromatic rings. The van der Waals surface area contributed by atoms with Crippen LogP contribution in [0.15, 0.2) is 30.3 Å². The predicted octanol–water partition coefficient (Wildman–Crippen LogP) is 3.49. The van der Waals surface area contributed by atoms with E-state index in [1.54, 1.807) is 0 Å². The summed E-state index contributed by atoms with van der Waals surface area (Å²) in [6, 6.07) is 10.2. The van der Waals surface area contributed by atoms with Gasteiger partial charge in [0.1, 0.15) is 0 Å². The molecule has 0 aromatic heterocycles. The molecule has 1 rings (SSSR count). The van der Waals surface area contributed by atoms with Crippen molar-refractivity contribution in [1.82, 2.24) is 0 Å². The Kier molecular flexibility index (Phi) is 8.59. The molecule has 0 saturated heterocycles. The first-order chi connectivity index (χ1) is 9.29. The molecule has 0 heterocycles. The molecule has 0 N–H and O–H groups in total. The Morgan fingerprint density at radius 1 is 0.737 bits per heavy atom. The van der Waals surface area contributed by atoms with Gasteiger partial charge in [-0.15, -0.1) is 0 Å². The second kappa shape index (κ2) is 9.68. The fraction of sp³-hybridized carbons (Fsp3) is 0.600. The van der Waals surface area contributed by atoms with Crippen LogP contribution in [0.4, 0.5) is 0 Å². The van der Waals surface area contributed by atoms with E-state index in [1.165, 1.54) is 0 Å². The van der Waals surface area contributed by atoms with E-state index in [1.807, 2.05) is 18.2 Å². The van der Waals surface area contributed by atoms with Crippen LogP contribution in [-0.4, -0.2) is 19.8 Å². The van der Waals surface area contributed by atoms with Gasteiger partial charge in [0.25, 0.3) is 0 Å². The Morgan fingerprint density at radius 2 is 1.16 bits per heavy atom. The Morgan fingerprint density at radius 3 is 1.53 bits per heavy atom. The van der Waals surface area contributed by atoms with Crippen molar-refractivity contribution >= 4 is 3.87 Å². The molecule has 0 aliphatic carbocycles. The molecule has 4 heteroatoms. The monoisotopic (exact) mass is 302 g/mol. The van der Waals surface area contributed by atoms with E-state index in [0.29, 0.717) is 19.8 Å². The molecule has 108 valence electrons. The van der Waals surface area contributed by atoms with Crippen molar-refractivity contribution < 1.29 is 27.7 Å². The fourth-order valence-electron chi connectivity index (χ4n) is 1.73. The van der Waals surface area contributed by atoms with Gasteiger partial charge in [-0.05, 0) is 0 Å². The first kappa shape index (κ1) is 16.9. The van der Waals surface area contributed by atoms with E-state index < -0.39 is 17.8 Å². The molecule has 0 unspecified atom stereocenters. The van der Waals surface area contributed by atoms with E-state index in [-0.39, 0.29) is 0 Å². The van der Waals surface area contributed by atoms with Crippen LogP contribution >= 0.6 is 0 Å². The topological polar surface area (TPSA) is 27.7 Å². The van der Waals surface area contributed by atoms with Crippen LogP contribution in [0.3, 0.4) is 0 Å². The average Bonchev–Trinajstić information content (AvgIpc) is 2.48. The molecule has 0 spiro atoms. The van der Waals surface area contributed by atoms with E-state index in [4.69, 9.17) is 9.96 Å². The SMILES string of the molecule is CCC[O][Ti]([O]CCC)([O]CCC)[c]1ccccc1. The van der Waals surface area contributed by atoms with Crippen LogP contribution in [0.1, 0.15) is 40.0 Å². The molecular formula is C15H26O3Ti. The zero-order valence-electron chi connectivity index (χ0n) is 12.4. The van der Waals surface area contributed by atoms with Crippen molar-refractivity contribution in [3.8, 4) is 0 Å². The van der Waals surface area contributed by atoms with Gasteiger partial charge in [0.15, 0.2) is 0 Å². The minimum atomic E-state index is -3.32. The van der Waals surface area contributed by atoms with Gasteiger partial charge >= 0.3 is 122 Å². The number of hydrogen-bond acceptors (Lipinski definition) is 3.